The maximum atomic E-state index is 11.3. The Morgan fingerprint density at radius 2 is 2.27 bits per heavy atom. The molecule has 0 bridgehead atoms. The summed E-state index contributed by atoms with van der Waals surface area (Å²) in [5.74, 6) is 0.146. The first-order valence-corrected chi connectivity index (χ1v) is 5.61. The van der Waals surface area contributed by atoms with Gasteiger partial charge < -0.3 is 5.32 Å². The van der Waals surface area contributed by atoms with Crippen molar-refractivity contribution in [3.05, 3.63) is 35.4 Å². The van der Waals surface area contributed by atoms with Gasteiger partial charge in [-0.3, -0.25) is 4.79 Å². The molecule has 0 aliphatic carbocycles. The molecule has 0 amide bonds. The maximum Gasteiger partial charge on any atom is 0.159 e. The van der Waals surface area contributed by atoms with Crippen LogP contribution in [0.1, 0.15) is 48.1 Å². The molecule has 0 saturated carbocycles. The van der Waals surface area contributed by atoms with Gasteiger partial charge in [0, 0.05) is 11.6 Å². The average molecular weight is 203 g/mol. The summed E-state index contributed by atoms with van der Waals surface area (Å²) in [4.78, 5) is 11.3. The quantitative estimate of drug-likeness (QED) is 0.749. The fourth-order valence-corrected chi connectivity index (χ4v) is 2.11. The molecule has 0 aromatic heterocycles. The van der Waals surface area contributed by atoms with Gasteiger partial charge >= 0.3 is 0 Å². The lowest BCUT2D eigenvalue weighted by Gasteiger charge is -2.24. The lowest BCUT2D eigenvalue weighted by Crippen LogP contribution is -2.26. The van der Waals surface area contributed by atoms with Crippen LogP contribution in [0.3, 0.4) is 0 Å². The Hall–Kier alpha value is -1.15. The number of carbonyl (C=O) groups is 1. The Morgan fingerprint density at radius 3 is 2.93 bits per heavy atom. The number of nitrogens with one attached hydrogen (secondary N) is 1. The van der Waals surface area contributed by atoms with E-state index in [0.717, 1.165) is 12.1 Å². The van der Waals surface area contributed by atoms with Crippen LogP contribution in [0.15, 0.2) is 24.3 Å². The molecule has 1 aliphatic heterocycles. The van der Waals surface area contributed by atoms with E-state index in [1.54, 1.807) is 6.92 Å². The number of benzene rings is 1. The van der Waals surface area contributed by atoms with E-state index in [2.05, 4.69) is 11.4 Å². The minimum Gasteiger partial charge on any atom is -0.310 e. The first-order chi connectivity index (χ1) is 7.27. The fourth-order valence-electron chi connectivity index (χ4n) is 2.11. The molecular formula is C13H17NO. The normalized spacial score (nSPS) is 21.3. The molecule has 1 aromatic rings. The highest BCUT2D eigenvalue weighted by Crippen LogP contribution is 2.23. The molecule has 15 heavy (non-hydrogen) atoms. The van der Waals surface area contributed by atoms with Crippen molar-refractivity contribution >= 4 is 5.78 Å². The third-order valence-corrected chi connectivity index (χ3v) is 3.01. The summed E-state index contributed by atoms with van der Waals surface area (Å²) in [6.07, 6.45) is 3.73. The third-order valence-electron chi connectivity index (χ3n) is 3.01. The molecular weight excluding hydrogens is 186 g/mol. The van der Waals surface area contributed by atoms with Crippen LogP contribution in [-0.2, 0) is 0 Å². The Kier molecular flexibility index (Phi) is 3.17. The standard InChI is InChI=1S/C13H17NO/c1-10(15)11-5-4-6-12(9-11)13-7-2-3-8-14-13/h4-6,9,13-14H,2-3,7-8H2,1H3. The van der Waals surface area contributed by atoms with Gasteiger partial charge in [-0.25, -0.2) is 0 Å². The first-order valence-electron chi connectivity index (χ1n) is 5.61. The summed E-state index contributed by atoms with van der Waals surface area (Å²) in [6.45, 7) is 2.71. The van der Waals surface area contributed by atoms with Crippen molar-refractivity contribution in [2.75, 3.05) is 6.54 Å². The zero-order valence-electron chi connectivity index (χ0n) is 9.12. The van der Waals surface area contributed by atoms with Gasteiger partial charge in [0.1, 0.15) is 0 Å². The Bertz CT molecular complexity index is 353. The van der Waals surface area contributed by atoms with Crippen molar-refractivity contribution in [1.29, 1.82) is 0 Å². The molecule has 2 nitrogen and oxygen atoms in total. The van der Waals surface area contributed by atoms with Gasteiger partial charge in [0.05, 0.1) is 0 Å². The molecule has 2 heteroatoms. The van der Waals surface area contributed by atoms with Crippen molar-refractivity contribution in [2.45, 2.75) is 32.2 Å². The minimum absolute atomic E-state index is 0.146. The van der Waals surface area contributed by atoms with Gasteiger partial charge in [0.25, 0.3) is 0 Å². The Morgan fingerprint density at radius 1 is 1.40 bits per heavy atom. The lowest BCUT2D eigenvalue weighted by molar-refractivity contribution is 0.101. The molecule has 1 atom stereocenters. The second-order valence-electron chi connectivity index (χ2n) is 4.18. The molecule has 1 unspecified atom stereocenters. The number of rotatable bonds is 2. The molecule has 0 radical (unpaired) electrons. The first kappa shape index (κ1) is 10.4. The Labute approximate surface area is 90.7 Å². The van der Waals surface area contributed by atoms with Gasteiger partial charge in [0.2, 0.25) is 0 Å². The van der Waals surface area contributed by atoms with Crippen LogP contribution in [0.25, 0.3) is 0 Å². The van der Waals surface area contributed by atoms with Gasteiger partial charge in [-0.15, -0.1) is 0 Å². The topological polar surface area (TPSA) is 29.1 Å². The number of hydrogen-bond donors (Lipinski definition) is 1. The predicted octanol–water partition coefficient (Wildman–Crippen LogP) is 2.70. The summed E-state index contributed by atoms with van der Waals surface area (Å²) in [7, 11) is 0. The van der Waals surface area contributed by atoms with Crippen LogP contribution in [0.2, 0.25) is 0 Å². The van der Waals surface area contributed by atoms with E-state index < -0.39 is 0 Å². The number of ketones is 1. The van der Waals surface area contributed by atoms with Crippen LogP contribution in [-0.4, -0.2) is 12.3 Å². The number of hydrogen-bond acceptors (Lipinski definition) is 2. The second kappa shape index (κ2) is 4.58. The van der Waals surface area contributed by atoms with Crippen LogP contribution in [0.5, 0.6) is 0 Å². The van der Waals surface area contributed by atoms with Gasteiger partial charge in [-0.2, -0.15) is 0 Å². The van der Waals surface area contributed by atoms with Crippen LogP contribution in [0, 0.1) is 0 Å². The number of piperidine rings is 1. The molecule has 2 rings (SSSR count). The van der Waals surface area contributed by atoms with E-state index in [4.69, 9.17) is 0 Å². The summed E-state index contributed by atoms with van der Waals surface area (Å²) in [6, 6.07) is 8.43. The summed E-state index contributed by atoms with van der Waals surface area (Å²) in [5.41, 5.74) is 2.07. The van der Waals surface area contributed by atoms with Crippen LogP contribution in [0.4, 0.5) is 0 Å². The molecule has 0 spiro atoms. The zero-order chi connectivity index (χ0) is 10.7. The highest BCUT2D eigenvalue weighted by Gasteiger charge is 2.14. The lowest BCUT2D eigenvalue weighted by atomic mass is 9.95. The minimum atomic E-state index is 0.146. The highest BCUT2D eigenvalue weighted by molar-refractivity contribution is 5.94. The van der Waals surface area contributed by atoms with Gasteiger partial charge in [-0.1, -0.05) is 24.6 Å². The van der Waals surface area contributed by atoms with E-state index in [9.17, 15) is 4.79 Å². The predicted molar refractivity (Wildman–Crippen MR) is 61.0 cm³/mol. The van der Waals surface area contributed by atoms with E-state index in [1.165, 1.54) is 24.8 Å². The van der Waals surface area contributed by atoms with Crippen molar-refractivity contribution in [1.82, 2.24) is 5.32 Å². The summed E-state index contributed by atoms with van der Waals surface area (Å²) < 4.78 is 0. The molecule has 1 fully saturated rings. The highest BCUT2D eigenvalue weighted by atomic mass is 16.1. The molecule has 1 heterocycles. The largest absolute Gasteiger partial charge is 0.310 e. The number of Topliss-reactive ketones (excluding diaryl/α,β-unsaturated/α-hetero) is 1. The molecule has 1 aliphatic rings. The van der Waals surface area contributed by atoms with E-state index >= 15 is 0 Å². The zero-order valence-corrected chi connectivity index (χ0v) is 9.12. The van der Waals surface area contributed by atoms with E-state index in [-0.39, 0.29) is 5.78 Å². The van der Waals surface area contributed by atoms with Crippen LogP contribution >= 0.6 is 0 Å². The second-order valence-corrected chi connectivity index (χ2v) is 4.18. The molecule has 1 saturated heterocycles. The van der Waals surface area contributed by atoms with Gasteiger partial charge in [0.15, 0.2) is 5.78 Å². The Balaban J connectivity index is 2.19. The summed E-state index contributed by atoms with van der Waals surface area (Å²) in [5, 5.41) is 3.49. The smallest absolute Gasteiger partial charge is 0.159 e. The van der Waals surface area contributed by atoms with E-state index in [0.29, 0.717) is 6.04 Å². The molecule has 1 N–H and O–H groups in total. The van der Waals surface area contributed by atoms with Crippen molar-refractivity contribution in [3.8, 4) is 0 Å². The monoisotopic (exact) mass is 203 g/mol. The maximum absolute atomic E-state index is 11.3. The number of carbonyl (C=O) groups excluding carboxylic acids is 1. The van der Waals surface area contributed by atoms with Crippen molar-refractivity contribution in [3.63, 3.8) is 0 Å². The fraction of sp³-hybridized carbons (Fsp3) is 0.462. The van der Waals surface area contributed by atoms with Gasteiger partial charge in [-0.05, 0) is 37.9 Å². The third kappa shape index (κ3) is 2.45. The average Bonchev–Trinajstić information content (AvgIpc) is 2.30. The molecule has 80 valence electrons. The van der Waals surface area contributed by atoms with E-state index in [1.807, 2.05) is 18.2 Å². The SMILES string of the molecule is CC(=O)c1cccc(C2CCCCN2)c1. The van der Waals surface area contributed by atoms with Crippen molar-refractivity contribution in [2.24, 2.45) is 0 Å². The van der Waals surface area contributed by atoms with Crippen molar-refractivity contribution < 1.29 is 4.79 Å². The van der Waals surface area contributed by atoms with Crippen LogP contribution < -0.4 is 5.32 Å². The summed E-state index contributed by atoms with van der Waals surface area (Å²) >= 11 is 0. The molecule has 1 aromatic carbocycles.